The third-order valence-corrected chi connectivity index (χ3v) is 5.04. The van der Waals surface area contributed by atoms with Crippen LogP contribution in [-0.4, -0.2) is 18.4 Å². The van der Waals surface area contributed by atoms with Crippen LogP contribution in [0.5, 0.6) is 0 Å². The Bertz CT molecular complexity index is 860. The number of hydrogen-bond donors (Lipinski definition) is 1. The minimum Gasteiger partial charge on any atom is -0.322 e. The fraction of sp³-hybridized carbons (Fsp3) is 0.263. The number of halogens is 2. The highest BCUT2D eigenvalue weighted by molar-refractivity contribution is 6.34. The number of amides is 2. The topological polar surface area (TPSA) is 49.4 Å². The summed E-state index contributed by atoms with van der Waals surface area (Å²) in [6.45, 7) is 0.745. The fourth-order valence-corrected chi connectivity index (χ4v) is 3.88. The molecular weight excluding hydrogens is 343 g/mol. The minimum absolute atomic E-state index is 0.0774. The molecule has 4 rings (SSSR count). The summed E-state index contributed by atoms with van der Waals surface area (Å²) in [6, 6.07) is 7.90. The molecule has 1 N–H and O–H groups in total. The summed E-state index contributed by atoms with van der Waals surface area (Å²) in [6.07, 6.45) is 2.88. The Morgan fingerprint density at radius 3 is 2.68 bits per heavy atom. The molecule has 4 nitrogen and oxygen atoms in total. The van der Waals surface area contributed by atoms with Gasteiger partial charge in [-0.25, -0.2) is 4.39 Å². The van der Waals surface area contributed by atoms with Gasteiger partial charge in [-0.15, -0.1) is 0 Å². The highest BCUT2D eigenvalue weighted by atomic mass is 35.5. The standard InChI is InChI=1S/C19H16ClFN2O2/c20-14-4-1-5-15(21)17(14)19(25)22-13-9-11-3-2-8-23-16(24)7-6-12(10-13)18(11)23/h1,4-5,9-10H,2-3,6-8H2,(H,22,25). The molecule has 0 fully saturated rings. The Balaban J connectivity index is 1.69. The van der Waals surface area contributed by atoms with Crippen LogP contribution in [0.2, 0.25) is 5.02 Å². The van der Waals surface area contributed by atoms with E-state index >= 15 is 0 Å². The lowest BCUT2D eigenvalue weighted by Crippen LogP contribution is -2.39. The van der Waals surface area contributed by atoms with E-state index in [2.05, 4.69) is 5.32 Å². The first kappa shape index (κ1) is 16.1. The number of nitrogens with one attached hydrogen (secondary N) is 1. The number of anilines is 2. The van der Waals surface area contributed by atoms with Gasteiger partial charge in [0.25, 0.3) is 5.91 Å². The lowest BCUT2D eigenvalue weighted by Gasteiger charge is -2.35. The van der Waals surface area contributed by atoms with Crippen molar-refractivity contribution >= 4 is 34.8 Å². The summed E-state index contributed by atoms with van der Waals surface area (Å²) < 4.78 is 13.9. The lowest BCUT2D eigenvalue weighted by atomic mass is 9.91. The predicted molar refractivity (Wildman–Crippen MR) is 94.8 cm³/mol. The van der Waals surface area contributed by atoms with Crippen molar-refractivity contribution in [3.05, 3.63) is 57.9 Å². The molecule has 0 aliphatic carbocycles. The number of carbonyl (C=O) groups is 2. The average Bonchev–Trinajstić information content (AvgIpc) is 2.58. The molecule has 2 aromatic carbocycles. The third-order valence-electron chi connectivity index (χ3n) is 4.72. The second kappa shape index (κ2) is 6.15. The zero-order valence-electron chi connectivity index (χ0n) is 13.4. The van der Waals surface area contributed by atoms with Crippen molar-refractivity contribution in [1.82, 2.24) is 0 Å². The molecule has 2 aliphatic heterocycles. The normalized spacial score (nSPS) is 15.8. The third kappa shape index (κ3) is 2.78. The van der Waals surface area contributed by atoms with E-state index in [0.29, 0.717) is 18.5 Å². The molecule has 2 aromatic rings. The SMILES string of the molecule is O=C(Nc1cc2c3c(c1)CCC(=O)N3CCC2)c1c(F)cccc1Cl. The van der Waals surface area contributed by atoms with Gasteiger partial charge in [-0.05, 0) is 54.7 Å². The number of rotatable bonds is 2. The average molecular weight is 359 g/mol. The van der Waals surface area contributed by atoms with Crippen molar-refractivity contribution in [1.29, 1.82) is 0 Å². The molecule has 25 heavy (non-hydrogen) atoms. The first-order chi connectivity index (χ1) is 12.0. The minimum atomic E-state index is -0.652. The maximum absolute atomic E-state index is 13.9. The number of aryl methyl sites for hydroxylation is 2. The summed E-state index contributed by atoms with van der Waals surface area (Å²) in [7, 11) is 0. The van der Waals surface area contributed by atoms with E-state index in [1.807, 2.05) is 17.0 Å². The van der Waals surface area contributed by atoms with Crippen LogP contribution in [0, 0.1) is 5.82 Å². The van der Waals surface area contributed by atoms with Crippen LogP contribution >= 0.6 is 11.6 Å². The van der Waals surface area contributed by atoms with E-state index in [-0.39, 0.29) is 16.5 Å². The highest BCUT2D eigenvalue weighted by Gasteiger charge is 2.30. The van der Waals surface area contributed by atoms with Crippen molar-refractivity contribution in [2.24, 2.45) is 0 Å². The fourth-order valence-electron chi connectivity index (χ4n) is 3.63. The zero-order chi connectivity index (χ0) is 17.6. The van der Waals surface area contributed by atoms with Crippen molar-refractivity contribution in [3.63, 3.8) is 0 Å². The molecule has 0 saturated heterocycles. The first-order valence-electron chi connectivity index (χ1n) is 8.26. The predicted octanol–water partition coefficient (Wildman–Crippen LogP) is 3.96. The van der Waals surface area contributed by atoms with Crippen LogP contribution in [0.1, 0.15) is 34.3 Å². The Morgan fingerprint density at radius 2 is 1.92 bits per heavy atom. The molecule has 6 heteroatoms. The zero-order valence-corrected chi connectivity index (χ0v) is 14.2. The van der Waals surface area contributed by atoms with Gasteiger partial charge in [-0.1, -0.05) is 17.7 Å². The maximum Gasteiger partial charge on any atom is 0.260 e. The van der Waals surface area contributed by atoms with Gasteiger partial charge in [0.15, 0.2) is 0 Å². The first-order valence-corrected chi connectivity index (χ1v) is 8.64. The maximum atomic E-state index is 13.9. The summed E-state index contributed by atoms with van der Waals surface area (Å²) >= 11 is 5.96. The van der Waals surface area contributed by atoms with Crippen LogP contribution in [0.15, 0.2) is 30.3 Å². The van der Waals surface area contributed by atoms with Crippen LogP contribution in [0.3, 0.4) is 0 Å². The van der Waals surface area contributed by atoms with Crippen molar-refractivity contribution < 1.29 is 14.0 Å². The second-order valence-electron chi connectivity index (χ2n) is 6.34. The molecule has 0 saturated carbocycles. The molecule has 2 heterocycles. The molecular formula is C19H16ClFN2O2. The Morgan fingerprint density at radius 1 is 1.16 bits per heavy atom. The van der Waals surface area contributed by atoms with Gasteiger partial charge in [0, 0.05) is 18.7 Å². The van der Waals surface area contributed by atoms with E-state index in [0.717, 1.165) is 36.2 Å². The van der Waals surface area contributed by atoms with Gasteiger partial charge in [-0.2, -0.15) is 0 Å². The van der Waals surface area contributed by atoms with Gasteiger partial charge in [0.2, 0.25) is 5.91 Å². The van der Waals surface area contributed by atoms with E-state index < -0.39 is 11.7 Å². The summed E-state index contributed by atoms with van der Waals surface area (Å²) in [5.74, 6) is -1.07. The molecule has 0 bridgehead atoms. The van der Waals surface area contributed by atoms with Gasteiger partial charge < -0.3 is 10.2 Å². The molecule has 2 aliphatic rings. The highest BCUT2D eigenvalue weighted by Crippen LogP contribution is 2.38. The van der Waals surface area contributed by atoms with Gasteiger partial charge in [0.1, 0.15) is 5.82 Å². The molecule has 128 valence electrons. The summed E-state index contributed by atoms with van der Waals surface area (Å²) in [4.78, 5) is 26.4. The Hall–Kier alpha value is -2.40. The molecule has 0 atom stereocenters. The molecule has 0 radical (unpaired) electrons. The molecule has 2 amide bonds. The monoisotopic (exact) mass is 358 g/mol. The summed E-state index contributed by atoms with van der Waals surface area (Å²) in [5.41, 5.74) is 3.53. The second-order valence-corrected chi connectivity index (χ2v) is 6.75. The van der Waals surface area contributed by atoms with Crippen LogP contribution in [0.25, 0.3) is 0 Å². The van der Waals surface area contributed by atoms with Crippen LogP contribution in [0.4, 0.5) is 15.8 Å². The van der Waals surface area contributed by atoms with Crippen molar-refractivity contribution in [3.8, 4) is 0 Å². The van der Waals surface area contributed by atoms with Crippen LogP contribution < -0.4 is 10.2 Å². The number of carbonyl (C=O) groups excluding carboxylic acids is 2. The Kier molecular flexibility index (Phi) is 3.96. The smallest absolute Gasteiger partial charge is 0.260 e. The van der Waals surface area contributed by atoms with E-state index in [9.17, 15) is 14.0 Å². The lowest BCUT2D eigenvalue weighted by molar-refractivity contribution is -0.119. The van der Waals surface area contributed by atoms with E-state index in [1.165, 1.54) is 18.2 Å². The molecule has 0 spiro atoms. The molecule has 0 unspecified atom stereocenters. The van der Waals surface area contributed by atoms with Crippen LogP contribution in [-0.2, 0) is 17.6 Å². The van der Waals surface area contributed by atoms with E-state index in [1.54, 1.807) is 0 Å². The Labute approximate surface area is 149 Å². The van der Waals surface area contributed by atoms with Gasteiger partial charge >= 0.3 is 0 Å². The molecule has 0 aromatic heterocycles. The van der Waals surface area contributed by atoms with Gasteiger partial charge in [0.05, 0.1) is 16.3 Å². The number of nitrogens with zero attached hydrogens (tertiary/aromatic N) is 1. The van der Waals surface area contributed by atoms with Gasteiger partial charge in [-0.3, -0.25) is 9.59 Å². The number of benzene rings is 2. The summed E-state index contributed by atoms with van der Waals surface area (Å²) in [5, 5.41) is 2.83. The largest absolute Gasteiger partial charge is 0.322 e. The van der Waals surface area contributed by atoms with E-state index in [4.69, 9.17) is 11.6 Å². The quantitative estimate of drug-likeness (QED) is 0.883. The van der Waals surface area contributed by atoms with Crippen molar-refractivity contribution in [2.75, 3.05) is 16.8 Å². The van der Waals surface area contributed by atoms with Crippen molar-refractivity contribution in [2.45, 2.75) is 25.7 Å². The number of hydrogen-bond acceptors (Lipinski definition) is 2.